The smallest absolute Gasteiger partial charge is 0.123 e. The summed E-state index contributed by atoms with van der Waals surface area (Å²) in [7, 11) is 0. The van der Waals surface area contributed by atoms with Crippen LogP contribution >= 0.6 is 0 Å². The molecule has 1 aliphatic rings. The van der Waals surface area contributed by atoms with Gasteiger partial charge in [-0.05, 0) is 33.8 Å². The molecule has 2 aromatic rings. The molecule has 2 heterocycles. The Labute approximate surface area is 131 Å². The van der Waals surface area contributed by atoms with Gasteiger partial charge in [-0.1, -0.05) is 23.4 Å². The van der Waals surface area contributed by atoms with Gasteiger partial charge in [0, 0.05) is 24.7 Å². The van der Waals surface area contributed by atoms with Crippen LogP contribution in [-0.4, -0.2) is 32.5 Å². The van der Waals surface area contributed by atoms with Gasteiger partial charge in [-0.3, -0.25) is 4.90 Å². The predicted molar refractivity (Wildman–Crippen MR) is 85.7 cm³/mol. The van der Waals surface area contributed by atoms with Crippen molar-refractivity contribution in [3.8, 4) is 5.75 Å². The summed E-state index contributed by atoms with van der Waals surface area (Å²) >= 11 is 0. The van der Waals surface area contributed by atoms with Crippen molar-refractivity contribution in [3.63, 3.8) is 0 Å². The van der Waals surface area contributed by atoms with Gasteiger partial charge in [0.15, 0.2) is 0 Å². The summed E-state index contributed by atoms with van der Waals surface area (Å²) in [6.45, 7) is 10.9. The van der Waals surface area contributed by atoms with Crippen molar-refractivity contribution < 1.29 is 4.74 Å². The van der Waals surface area contributed by atoms with Crippen molar-refractivity contribution in [2.24, 2.45) is 0 Å². The van der Waals surface area contributed by atoms with Crippen LogP contribution in [0.25, 0.3) is 0 Å². The Kier molecular flexibility index (Phi) is 3.91. The van der Waals surface area contributed by atoms with Crippen molar-refractivity contribution in [2.45, 2.75) is 52.4 Å². The second-order valence-corrected chi connectivity index (χ2v) is 7.00. The maximum atomic E-state index is 5.91. The topological polar surface area (TPSA) is 43.2 Å². The van der Waals surface area contributed by atoms with Gasteiger partial charge in [-0.2, -0.15) is 0 Å². The van der Waals surface area contributed by atoms with E-state index in [1.54, 1.807) is 0 Å². The Hall–Kier alpha value is -1.88. The summed E-state index contributed by atoms with van der Waals surface area (Å²) in [5.41, 5.74) is 2.20. The number of nitrogens with zero attached hydrogens (tertiary/aromatic N) is 4. The maximum absolute atomic E-state index is 5.91. The molecule has 5 heteroatoms. The van der Waals surface area contributed by atoms with Crippen molar-refractivity contribution in [1.82, 2.24) is 19.9 Å². The minimum Gasteiger partial charge on any atom is -0.492 e. The van der Waals surface area contributed by atoms with Crippen LogP contribution < -0.4 is 4.74 Å². The molecule has 1 aromatic heterocycles. The summed E-state index contributed by atoms with van der Waals surface area (Å²) in [6, 6.07) is 8.60. The van der Waals surface area contributed by atoms with Gasteiger partial charge < -0.3 is 4.74 Å². The van der Waals surface area contributed by atoms with Gasteiger partial charge in [0.05, 0.1) is 17.4 Å². The molecule has 0 radical (unpaired) electrons. The molecule has 5 nitrogen and oxygen atoms in total. The van der Waals surface area contributed by atoms with E-state index in [0.717, 1.165) is 24.5 Å². The summed E-state index contributed by atoms with van der Waals surface area (Å²) in [4.78, 5) is 2.39. The first-order valence-corrected chi connectivity index (χ1v) is 7.80. The number of benzene rings is 1. The lowest BCUT2D eigenvalue weighted by molar-refractivity contribution is 0.149. The Balaban J connectivity index is 1.78. The number of hydrogen-bond donors (Lipinski definition) is 0. The molecule has 3 rings (SSSR count). The summed E-state index contributed by atoms with van der Waals surface area (Å²) < 4.78 is 7.83. The van der Waals surface area contributed by atoms with E-state index in [1.165, 1.54) is 5.56 Å². The van der Waals surface area contributed by atoms with E-state index in [9.17, 15) is 0 Å². The molecular formula is C17H24N4O. The zero-order chi connectivity index (χ0) is 15.7. The standard InChI is InChI=1S/C17H24N4O/c1-13-12-22-16-8-6-5-7-14(16)9-20(13)10-15-11-21(19-18-15)17(2,3)4/h5-8,11,13H,9-10,12H2,1-4H3/t13-/m0/s1. The summed E-state index contributed by atoms with van der Waals surface area (Å²) in [5.74, 6) is 0.996. The fourth-order valence-electron chi connectivity index (χ4n) is 2.58. The maximum Gasteiger partial charge on any atom is 0.123 e. The number of para-hydroxylation sites is 1. The monoisotopic (exact) mass is 300 g/mol. The van der Waals surface area contributed by atoms with Crippen LogP contribution in [0.4, 0.5) is 0 Å². The molecule has 0 unspecified atom stereocenters. The highest BCUT2D eigenvalue weighted by Crippen LogP contribution is 2.25. The quantitative estimate of drug-likeness (QED) is 0.855. The normalized spacial score (nSPS) is 19.4. The lowest BCUT2D eigenvalue weighted by Crippen LogP contribution is -2.34. The molecule has 118 valence electrons. The van der Waals surface area contributed by atoms with Crippen LogP contribution in [0.1, 0.15) is 39.0 Å². The Morgan fingerprint density at radius 1 is 1.27 bits per heavy atom. The molecular weight excluding hydrogens is 276 g/mol. The van der Waals surface area contributed by atoms with Crippen LogP contribution in [0.2, 0.25) is 0 Å². The van der Waals surface area contributed by atoms with Crippen LogP contribution in [-0.2, 0) is 18.6 Å². The van der Waals surface area contributed by atoms with Gasteiger partial charge in [0.25, 0.3) is 0 Å². The van der Waals surface area contributed by atoms with Crippen molar-refractivity contribution >= 4 is 0 Å². The Morgan fingerprint density at radius 2 is 2.05 bits per heavy atom. The van der Waals surface area contributed by atoms with Crippen LogP contribution in [0.3, 0.4) is 0 Å². The molecule has 1 aromatic carbocycles. The van der Waals surface area contributed by atoms with Crippen LogP contribution in [0.5, 0.6) is 5.75 Å². The third kappa shape index (κ3) is 3.14. The molecule has 1 atom stereocenters. The second kappa shape index (κ2) is 5.72. The van der Waals surface area contributed by atoms with Gasteiger partial charge in [-0.25, -0.2) is 4.68 Å². The fourth-order valence-corrected chi connectivity index (χ4v) is 2.58. The number of aromatic nitrogens is 3. The van der Waals surface area contributed by atoms with Crippen LogP contribution in [0, 0.1) is 0 Å². The fraction of sp³-hybridized carbons (Fsp3) is 0.529. The van der Waals surface area contributed by atoms with Crippen molar-refractivity contribution in [2.75, 3.05) is 6.61 Å². The van der Waals surface area contributed by atoms with Crippen molar-refractivity contribution in [1.29, 1.82) is 0 Å². The molecule has 0 saturated carbocycles. The molecule has 22 heavy (non-hydrogen) atoms. The number of hydrogen-bond acceptors (Lipinski definition) is 4. The first kappa shape index (κ1) is 15.0. The molecule has 0 bridgehead atoms. The first-order chi connectivity index (χ1) is 10.4. The SMILES string of the molecule is C[C@H]1COc2ccccc2CN1Cc1cn(C(C)(C)C)nn1. The van der Waals surface area contributed by atoms with E-state index >= 15 is 0 Å². The van der Waals surface area contributed by atoms with Crippen LogP contribution in [0.15, 0.2) is 30.5 Å². The van der Waals surface area contributed by atoms with Gasteiger partial charge >= 0.3 is 0 Å². The number of fused-ring (bicyclic) bond motifs is 1. The molecule has 0 amide bonds. The molecule has 0 N–H and O–H groups in total. The Bertz CT molecular complexity index is 644. The average Bonchev–Trinajstić information content (AvgIpc) is 2.88. The van der Waals surface area contributed by atoms with E-state index in [-0.39, 0.29) is 5.54 Å². The molecule has 0 aliphatic carbocycles. The lowest BCUT2D eigenvalue weighted by Gasteiger charge is -2.25. The van der Waals surface area contributed by atoms with Gasteiger partial charge in [0.1, 0.15) is 12.4 Å². The molecule has 0 spiro atoms. The van der Waals surface area contributed by atoms with E-state index in [2.05, 4.69) is 55.0 Å². The number of ether oxygens (including phenoxy) is 1. The highest BCUT2D eigenvalue weighted by Gasteiger charge is 2.23. The highest BCUT2D eigenvalue weighted by atomic mass is 16.5. The van der Waals surface area contributed by atoms with Crippen molar-refractivity contribution in [3.05, 3.63) is 41.7 Å². The zero-order valence-corrected chi connectivity index (χ0v) is 13.8. The Morgan fingerprint density at radius 3 is 2.77 bits per heavy atom. The summed E-state index contributed by atoms with van der Waals surface area (Å²) in [5, 5.41) is 8.58. The second-order valence-electron chi connectivity index (χ2n) is 7.00. The predicted octanol–water partition coefficient (Wildman–Crippen LogP) is 2.82. The minimum atomic E-state index is -0.0363. The van der Waals surface area contributed by atoms with E-state index < -0.39 is 0 Å². The van der Waals surface area contributed by atoms with E-state index in [0.29, 0.717) is 12.6 Å². The van der Waals surface area contributed by atoms with E-state index in [4.69, 9.17) is 4.74 Å². The lowest BCUT2D eigenvalue weighted by atomic mass is 10.1. The average molecular weight is 300 g/mol. The number of rotatable bonds is 2. The molecule has 1 aliphatic heterocycles. The summed E-state index contributed by atoms with van der Waals surface area (Å²) in [6.07, 6.45) is 2.05. The third-order valence-electron chi connectivity index (χ3n) is 4.04. The molecule has 0 saturated heterocycles. The largest absolute Gasteiger partial charge is 0.492 e. The first-order valence-electron chi connectivity index (χ1n) is 7.80. The minimum absolute atomic E-state index is 0.0363. The van der Waals surface area contributed by atoms with Gasteiger partial charge in [-0.15, -0.1) is 5.10 Å². The van der Waals surface area contributed by atoms with E-state index in [1.807, 2.05) is 23.0 Å². The zero-order valence-electron chi connectivity index (χ0n) is 13.8. The molecule has 0 fully saturated rings. The third-order valence-corrected chi connectivity index (χ3v) is 4.04. The van der Waals surface area contributed by atoms with Gasteiger partial charge in [0.2, 0.25) is 0 Å². The highest BCUT2D eigenvalue weighted by molar-refractivity contribution is 5.34.